The molecule has 130 valence electrons. The van der Waals surface area contributed by atoms with Gasteiger partial charge < -0.3 is 16.2 Å². The maximum Gasteiger partial charge on any atom is 0.434 e. The topological polar surface area (TPSA) is 149 Å². The highest BCUT2D eigenvalue weighted by Gasteiger charge is 2.20. The lowest BCUT2D eigenvalue weighted by Crippen LogP contribution is -2.13. The van der Waals surface area contributed by atoms with Crippen LogP contribution in [0, 0.1) is 6.92 Å². The summed E-state index contributed by atoms with van der Waals surface area (Å²) in [6, 6.07) is 7.00. The predicted octanol–water partition coefficient (Wildman–Crippen LogP) is 1.54. The zero-order valence-corrected chi connectivity index (χ0v) is 13.5. The first-order valence-electron chi connectivity index (χ1n) is 7.53. The highest BCUT2D eigenvalue weighted by molar-refractivity contribution is 5.79. The number of aromatic nitrogens is 7. The number of nitrogens with zero attached hydrogens (tertiary/aromatic N) is 7. The van der Waals surface area contributed by atoms with Gasteiger partial charge in [-0.3, -0.25) is 4.40 Å². The molecular weight excluding hydrogens is 338 g/mol. The summed E-state index contributed by atoms with van der Waals surface area (Å²) < 4.78 is 2.58. The largest absolute Gasteiger partial charge is 0.463 e. The second-order valence-corrected chi connectivity index (χ2v) is 5.34. The molecule has 0 saturated heterocycles. The molecule has 0 amide bonds. The second kappa shape index (κ2) is 5.81. The van der Waals surface area contributed by atoms with Crippen LogP contribution in [-0.2, 0) is 0 Å². The van der Waals surface area contributed by atoms with Crippen molar-refractivity contribution in [1.29, 1.82) is 0 Å². The number of fused-ring (bicyclic) bond motifs is 1. The average Bonchev–Trinajstić information content (AvgIpc) is 3.18. The lowest BCUT2D eigenvalue weighted by atomic mass is 10.3. The SMILES string of the molecule is Cc1nc(N)nc(-c2c(Nc3ccnn3C(=O)O)nc3ccccn23)n1. The first kappa shape index (κ1) is 15.5. The van der Waals surface area contributed by atoms with Crippen LogP contribution in [0.4, 0.5) is 22.4 Å². The van der Waals surface area contributed by atoms with Gasteiger partial charge in [-0.05, 0) is 19.1 Å². The Kier molecular flexibility index (Phi) is 3.46. The Bertz CT molecular complexity index is 1110. The van der Waals surface area contributed by atoms with Crippen LogP contribution in [0.2, 0.25) is 0 Å². The van der Waals surface area contributed by atoms with Crippen LogP contribution in [0.5, 0.6) is 0 Å². The minimum absolute atomic E-state index is 0.0832. The fraction of sp³-hybridized carbons (Fsp3) is 0.0667. The minimum atomic E-state index is -1.22. The van der Waals surface area contributed by atoms with Gasteiger partial charge in [0.1, 0.15) is 23.0 Å². The Hall–Kier alpha value is -4.02. The minimum Gasteiger partial charge on any atom is -0.463 e. The standard InChI is InChI=1S/C15H13N9O2/c1-8-18-12(22-14(16)19-8)11-13(20-9-4-2-3-7-23(9)11)21-10-5-6-17-24(10)15(25)26/h2-7,21H,1H3,(H,25,26)(H2,16,18,19,22). The third-order valence-corrected chi connectivity index (χ3v) is 3.58. The van der Waals surface area contributed by atoms with Crippen molar-refractivity contribution < 1.29 is 9.90 Å². The molecule has 0 bridgehead atoms. The molecule has 4 heterocycles. The van der Waals surface area contributed by atoms with Crippen LogP contribution in [0.1, 0.15) is 5.82 Å². The zero-order valence-electron chi connectivity index (χ0n) is 13.5. The van der Waals surface area contributed by atoms with Crippen molar-refractivity contribution in [3.05, 3.63) is 42.5 Å². The normalized spacial score (nSPS) is 11.0. The molecule has 0 atom stereocenters. The number of rotatable bonds is 3. The monoisotopic (exact) mass is 351 g/mol. The van der Waals surface area contributed by atoms with Crippen molar-refractivity contribution in [1.82, 2.24) is 34.1 Å². The number of nitrogens with two attached hydrogens (primary N) is 1. The van der Waals surface area contributed by atoms with Crippen LogP contribution < -0.4 is 11.1 Å². The van der Waals surface area contributed by atoms with Gasteiger partial charge in [0.25, 0.3) is 0 Å². The van der Waals surface area contributed by atoms with Crippen molar-refractivity contribution in [2.75, 3.05) is 11.1 Å². The quantitative estimate of drug-likeness (QED) is 0.499. The summed E-state index contributed by atoms with van der Waals surface area (Å²) in [6.07, 6.45) is 1.95. The molecule has 0 aliphatic carbocycles. The number of carboxylic acid groups (broad SMARTS) is 1. The van der Waals surface area contributed by atoms with Crippen LogP contribution >= 0.6 is 0 Å². The van der Waals surface area contributed by atoms with E-state index in [0.717, 1.165) is 4.68 Å². The maximum absolute atomic E-state index is 11.3. The summed E-state index contributed by atoms with van der Waals surface area (Å²) in [7, 11) is 0. The van der Waals surface area contributed by atoms with E-state index < -0.39 is 6.09 Å². The van der Waals surface area contributed by atoms with E-state index in [1.807, 2.05) is 12.1 Å². The Morgan fingerprint density at radius 1 is 1.19 bits per heavy atom. The first-order chi connectivity index (χ1) is 12.5. The fourth-order valence-electron chi connectivity index (χ4n) is 2.58. The third kappa shape index (κ3) is 2.56. The summed E-state index contributed by atoms with van der Waals surface area (Å²) in [6.45, 7) is 1.71. The van der Waals surface area contributed by atoms with Gasteiger partial charge in [-0.2, -0.15) is 15.1 Å². The highest BCUT2D eigenvalue weighted by atomic mass is 16.4. The van der Waals surface area contributed by atoms with E-state index >= 15 is 0 Å². The van der Waals surface area contributed by atoms with E-state index in [-0.39, 0.29) is 11.8 Å². The zero-order chi connectivity index (χ0) is 18.3. The molecule has 11 heteroatoms. The fourth-order valence-corrected chi connectivity index (χ4v) is 2.58. The molecule has 4 rings (SSSR count). The number of hydrogen-bond donors (Lipinski definition) is 3. The first-order valence-corrected chi connectivity index (χ1v) is 7.53. The number of nitrogens with one attached hydrogen (secondary N) is 1. The Morgan fingerprint density at radius 2 is 2.04 bits per heavy atom. The number of nitrogen functional groups attached to an aromatic ring is 1. The number of imidazole rings is 1. The summed E-state index contributed by atoms with van der Waals surface area (Å²) in [5, 5.41) is 15.9. The third-order valence-electron chi connectivity index (χ3n) is 3.58. The van der Waals surface area contributed by atoms with Crippen LogP contribution in [0.3, 0.4) is 0 Å². The van der Waals surface area contributed by atoms with Gasteiger partial charge >= 0.3 is 6.09 Å². The van der Waals surface area contributed by atoms with E-state index in [2.05, 4.69) is 30.4 Å². The maximum atomic E-state index is 11.3. The van der Waals surface area contributed by atoms with Gasteiger partial charge in [0.15, 0.2) is 11.6 Å². The molecule has 4 N–H and O–H groups in total. The molecule has 0 saturated carbocycles. The Labute approximate surface area is 146 Å². The molecule has 4 aromatic heterocycles. The lowest BCUT2D eigenvalue weighted by molar-refractivity contribution is 0.193. The summed E-state index contributed by atoms with van der Waals surface area (Å²) in [5.74, 6) is 1.46. The van der Waals surface area contributed by atoms with Crippen LogP contribution in [0.25, 0.3) is 17.2 Å². The van der Waals surface area contributed by atoms with Crippen molar-refractivity contribution in [2.24, 2.45) is 0 Å². The molecule has 11 nitrogen and oxygen atoms in total. The molecule has 0 spiro atoms. The van der Waals surface area contributed by atoms with Gasteiger partial charge in [0.05, 0.1) is 6.20 Å². The predicted molar refractivity (Wildman–Crippen MR) is 92.1 cm³/mol. The van der Waals surface area contributed by atoms with E-state index in [4.69, 9.17) is 5.73 Å². The van der Waals surface area contributed by atoms with Gasteiger partial charge in [-0.25, -0.2) is 14.8 Å². The number of hydrogen-bond acceptors (Lipinski definition) is 8. The summed E-state index contributed by atoms with van der Waals surface area (Å²) in [5.41, 5.74) is 6.91. The number of anilines is 3. The summed E-state index contributed by atoms with van der Waals surface area (Å²) in [4.78, 5) is 28.3. The number of pyridine rings is 1. The summed E-state index contributed by atoms with van der Waals surface area (Å²) >= 11 is 0. The van der Waals surface area contributed by atoms with Gasteiger partial charge in [-0.15, -0.1) is 4.68 Å². The molecule has 0 fully saturated rings. The lowest BCUT2D eigenvalue weighted by Gasteiger charge is -2.07. The molecule has 4 aromatic rings. The van der Waals surface area contributed by atoms with Crippen molar-refractivity contribution in [2.45, 2.75) is 6.92 Å². The number of aryl methyl sites for hydroxylation is 1. The van der Waals surface area contributed by atoms with Gasteiger partial charge in [0, 0.05) is 12.3 Å². The molecule has 0 aromatic carbocycles. The average molecular weight is 351 g/mol. The van der Waals surface area contributed by atoms with Crippen molar-refractivity contribution in [3.8, 4) is 11.5 Å². The van der Waals surface area contributed by atoms with Gasteiger partial charge in [0.2, 0.25) is 5.95 Å². The van der Waals surface area contributed by atoms with Crippen LogP contribution in [0.15, 0.2) is 36.7 Å². The van der Waals surface area contributed by atoms with Crippen LogP contribution in [-0.4, -0.2) is 45.3 Å². The van der Waals surface area contributed by atoms with E-state index in [1.165, 1.54) is 12.3 Å². The highest BCUT2D eigenvalue weighted by Crippen LogP contribution is 2.29. The Balaban J connectivity index is 1.92. The molecular formula is C15H13N9O2. The molecule has 0 aliphatic rings. The molecule has 0 radical (unpaired) electrons. The Morgan fingerprint density at radius 3 is 2.81 bits per heavy atom. The second-order valence-electron chi connectivity index (χ2n) is 5.34. The molecule has 0 unspecified atom stereocenters. The van der Waals surface area contributed by atoms with E-state index in [0.29, 0.717) is 28.8 Å². The van der Waals surface area contributed by atoms with Crippen molar-refractivity contribution >= 4 is 29.3 Å². The van der Waals surface area contributed by atoms with E-state index in [9.17, 15) is 9.90 Å². The van der Waals surface area contributed by atoms with Gasteiger partial charge in [-0.1, -0.05) is 6.07 Å². The van der Waals surface area contributed by atoms with E-state index in [1.54, 1.807) is 23.6 Å². The number of carbonyl (C=O) groups is 1. The molecule has 0 aliphatic heterocycles. The van der Waals surface area contributed by atoms with Crippen molar-refractivity contribution in [3.63, 3.8) is 0 Å². The molecule has 26 heavy (non-hydrogen) atoms. The smallest absolute Gasteiger partial charge is 0.434 e.